The van der Waals surface area contributed by atoms with Gasteiger partial charge in [-0.15, -0.1) is 0 Å². The van der Waals surface area contributed by atoms with Crippen LogP contribution in [0, 0.1) is 0 Å². The van der Waals surface area contributed by atoms with Gasteiger partial charge in [-0.25, -0.2) is 0 Å². The van der Waals surface area contributed by atoms with Crippen molar-refractivity contribution < 1.29 is 0 Å². The largest absolute Gasteiger partial charge is 0.239 e. The summed E-state index contributed by atoms with van der Waals surface area (Å²) < 4.78 is 0. The van der Waals surface area contributed by atoms with E-state index in [-0.39, 0.29) is 0 Å². The van der Waals surface area contributed by atoms with Crippen LogP contribution in [0.25, 0.3) is 0 Å². The summed E-state index contributed by atoms with van der Waals surface area (Å²) in [5, 5.41) is 0. The standard InChI is InChI=1S/C17H36Cl2Si/c1-3-4-5-6-7-8-9-10-11-12-13-14-15-16-17(2)20(18)19/h17,20H,3-16H2,1-2H3. The molecule has 0 heterocycles. The summed E-state index contributed by atoms with van der Waals surface area (Å²) in [5.41, 5.74) is 0.589. The molecule has 20 heavy (non-hydrogen) atoms. The summed E-state index contributed by atoms with van der Waals surface area (Å²) in [6.45, 7) is 4.49. The minimum Gasteiger partial charge on any atom is -0.150 e. The molecule has 0 radical (unpaired) electrons. The predicted octanol–water partition coefficient (Wildman–Crippen LogP) is 7.56. The fraction of sp³-hybridized carbons (Fsp3) is 1.00. The Morgan fingerprint density at radius 1 is 0.650 bits per heavy atom. The van der Waals surface area contributed by atoms with Crippen LogP contribution in [0.4, 0.5) is 0 Å². The van der Waals surface area contributed by atoms with Crippen LogP contribution in [-0.2, 0) is 0 Å². The maximum Gasteiger partial charge on any atom is 0.239 e. The SMILES string of the molecule is CCCCCCCCCCCCCCCC(C)[SiH](Cl)Cl. The molecule has 0 aromatic heterocycles. The van der Waals surface area contributed by atoms with Crippen molar-refractivity contribution in [3.05, 3.63) is 0 Å². The molecule has 0 aliphatic rings. The third-order valence-corrected chi connectivity index (χ3v) is 7.97. The Morgan fingerprint density at radius 2 is 1.00 bits per heavy atom. The molecule has 0 fully saturated rings. The molecule has 1 atom stereocenters. The molecule has 0 spiro atoms. The molecule has 122 valence electrons. The van der Waals surface area contributed by atoms with Crippen LogP contribution in [0.5, 0.6) is 0 Å². The normalized spacial score (nSPS) is 13.1. The van der Waals surface area contributed by atoms with Gasteiger partial charge in [0.1, 0.15) is 0 Å². The first-order chi connectivity index (χ1) is 9.68. The second-order valence-electron chi connectivity index (χ2n) is 6.34. The Bertz CT molecular complexity index is 186. The maximum atomic E-state index is 5.98. The molecule has 0 bridgehead atoms. The van der Waals surface area contributed by atoms with Crippen LogP contribution in [0.1, 0.15) is 104 Å². The minimum absolute atomic E-state index is 0.589. The van der Waals surface area contributed by atoms with Crippen molar-refractivity contribution in [3.8, 4) is 0 Å². The van der Waals surface area contributed by atoms with E-state index in [9.17, 15) is 0 Å². The van der Waals surface area contributed by atoms with Gasteiger partial charge in [0.15, 0.2) is 0 Å². The van der Waals surface area contributed by atoms with Gasteiger partial charge in [-0.05, 0) is 5.54 Å². The van der Waals surface area contributed by atoms with Gasteiger partial charge in [0.05, 0.1) is 0 Å². The van der Waals surface area contributed by atoms with Crippen LogP contribution >= 0.6 is 22.2 Å². The Morgan fingerprint density at radius 3 is 1.35 bits per heavy atom. The Balaban J connectivity index is 3.03. The number of hydrogen-bond acceptors (Lipinski definition) is 0. The average Bonchev–Trinajstić information content (AvgIpc) is 2.43. The molecule has 0 aliphatic carbocycles. The smallest absolute Gasteiger partial charge is 0.150 e. The van der Waals surface area contributed by atoms with Crippen molar-refractivity contribution in [2.75, 3.05) is 0 Å². The van der Waals surface area contributed by atoms with E-state index in [1.165, 1.54) is 89.9 Å². The first-order valence-electron chi connectivity index (χ1n) is 8.96. The first kappa shape index (κ1) is 20.8. The van der Waals surface area contributed by atoms with Gasteiger partial charge in [-0.1, -0.05) is 104 Å². The number of rotatable bonds is 15. The molecule has 0 saturated heterocycles. The highest BCUT2D eigenvalue weighted by Gasteiger charge is 2.12. The molecule has 0 saturated carbocycles. The zero-order valence-electron chi connectivity index (χ0n) is 13.8. The van der Waals surface area contributed by atoms with Crippen molar-refractivity contribution in [2.45, 2.75) is 109 Å². The number of halogens is 2. The lowest BCUT2D eigenvalue weighted by Gasteiger charge is -2.09. The summed E-state index contributed by atoms with van der Waals surface area (Å²) in [4.78, 5) is 0. The quantitative estimate of drug-likeness (QED) is 0.164. The van der Waals surface area contributed by atoms with Gasteiger partial charge >= 0.3 is 0 Å². The highest BCUT2D eigenvalue weighted by molar-refractivity contribution is 7.34. The molecule has 1 unspecified atom stereocenters. The minimum atomic E-state index is -1.41. The fourth-order valence-electron chi connectivity index (χ4n) is 2.61. The summed E-state index contributed by atoms with van der Waals surface area (Å²) in [7, 11) is -1.41. The third kappa shape index (κ3) is 15.2. The van der Waals surface area contributed by atoms with Crippen LogP contribution in [-0.4, -0.2) is 7.42 Å². The summed E-state index contributed by atoms with van der Waals surface area (Å²) in [6.07, 6.45) is 19.7. The predicted molar refractivity (Wildman–Crippen MR) is 98.6 cm³/mol. The van der Waals surface area contributed by atoms with E-state index in [2.05, 4.69) is 13.8 Å². The van der Waals surface area contributed by atoms with Crippen LogP contribution in [0.3, 0.4) is 0 Å². The van der Waals surface area contributed by atoms with E-state index in [4.69, 9.17) is 22.2 Å². The van der Waals surface area contributed by atoms with Crippen LogP contribution in [0.15, 0.2) is 0 Å². The monoisotopic (exact) mass is 338 g/mol. The summed E-state index contributed by atoms with van der Waals surface area (Å²) in [5.74, 6) is 0. The molecule has 0 aromatic carbocycles. The van der Waals surface area contributed by atoms with E-state index in [0.29, 0.717) is 5.54 Å². The Hall–Kier alpha value is 0.797. The summed E-state index contributed by atoms with van der Waals surface area (Å²) >= 11 is 12.0. The van der Waals surface area contributed by atoms with Gasteiger partial charge in [0, 0.05) is 0 Å². The molecule has 0 aromatic rings. The zero-order chi connectivity index (χ0) is 15.1. The van der Waals surface area contributed by atoms with E-state index >= 15 is 0 Å². The van der Waals surface area contributed by atoms with E-state index in [1.54, 1.807) is 0 Å². The molecular formula is C17H36Cl2Si. The molecule has 0 amide bonds. The molecule has 0 N–H and O–H groups in total. The molecule has 3 heteroatoms. The molecule has 0 nitrogen and oxygen atoms in total. The highest BCUT2D eigenvalue weighted by atomic mass is 35.7. The average molecular weight is 339 g/mol. The van der Waals surface area contributed by atoms with Crippen molar-refractivity contribution >= 4 is 29.6 Å². The van der Waals surface area contributed by atoms with Gasteiger partial charge in [0.25, 0.3) is 0 Å². The molecular weight excluding hydrogens is 303 g/mol. The van der Waals surface area contributed by atoms with Gasteiger partial charge < -0.3 is 0 Å². The highest BCUT2D eigenvalue weighted by Crippen LogP contribution is 2.23. The van der Waals surface area contributed by atoms with Crippen molar-refractivity contribution in [1.82, 2.24) is 0 Å². The fourth-order valence-corrected chi connectivity index (χ4v) is 3.85. The summed E-state index contributed by atoms with van der Waals surface area (Å²) in [6, 6.07) is 0. The first-order valence-corrected chi connectivity index (χ1v) is 13.1. The lowest BCUT2D eigenvalue weighted by Crippen LogP contribution is -2.02. The van der Waals surface area contributed by atoms with Crippen molar-refractivity contribution in [2.24, 2.45) is 0 Å². The van der Waals surface area contributed by atoms with Crippen molar-refractivity contribution in [1.29, 1.82) is 0 Å². The van der Waals surface area contributed by atoms with Gasteiger partial charge in [-0.2, -0.15) is 22.2 Å². The topological polar surface area (TPSA) is 0 Å². The van der Waals surface area contributed by atoms with Crippen molar-refractivity contribution in [3.63, 3.8) is 0 Å². The van der Waals surface area contributed by atoms with Crippen LogP contribution in [0.2, 0.25) is 5.54 Å². The zero-order valence-corrected chi connectivity index (χ0v) is 16.5. The second-order valence-corrected chi connectivity index (χ2v) is 11.6. The molecule has 0 rings (SSSR count). The van der Waals surface area contributed by atoms with E-state index < -0.39 is 7.42 Å². The van der Waals surface area contributed by atoms with Gasteiger partial charge in [0.2, 0.25) is 7.42 Å². The van der Waals surface area contributed by atoms with Crippen LogP contribution < -0.4 is 0 Å². The van der Waals surface area contributed by atoms with Gasteiger partial charge in [-0.3, -0.25) is 0 Å². The number of hydrogen-bond donors (Lipinski definition) is 0. The maximum absolute atomic E-state index is 5.98. The lowest BCUT2D eigenvalue weighted by molar-refractivity contribution is 0.534. The van der Waals surface area contributed by atoms with E-state index in [1.807, 2.05) is 0 Å². The second kappa shape index (κ2) is 16.2. The van der Waals surface area contributed by atoms with E-state index in [0.717, 1.165) is 0 Å². The lowest BCUT2D eigenvalue weighted by atomic mass is 10.0. The number of unbranched alkanes of at least 4 members (excludes halogenated alkanes) is 12. The molecule has 0 aliphatic heterocycles. The third-order valence-electron chi connectivity index (χ3n) is 4.19. The Kier molecular flexibility index (Phi) is 16.8. The Labute approximate surface area is 139 Å².